The quantitative estimate of drug-likeness (QED) is 0.678. The molecule has 3 aromatic rings. The fourth-order valence-electron chi connectivity index (χ4n) is 3.41. The van der Waals surface area contributed by atoms with Gasteiger partial charge in [-0.2, -0.15) is 15.4 Å². The largest absolute Gasteiger partial charge is 0.306 e. The van der Waals surface area contributed by atoms with Crippen molar-refractivity contribution in [2.45, 2.75) is 58.9 Å². The van der Waals surface area contributed by atoms with E-state index in [0.29, 0.717) is 6.54 Å². The average Bonchev–Trinajstić information content (AvgIpc) is 3.15. The summed E-state index contributed by atoms with van der Waals surface area (Å²) in [6.07, 6.45) is 8.09. The van der Waals surface area contributed by atoms with Crippen molar-refractivity contribution in [1.29, 1.82) is 0 Å². The Balaban J connectivity index is 2.22. The molecule has 5 nitrogen and oxygen atoms in total. The zero-order valence-electron chi connectivity index (χ0n) is 15.1. The Bertz CT molecular complexity index is 881. The second kappa shape index (κ2) is 8.10. The van der Waals surface area contributed by atoms with E-state index in [4.69, 9.17) is 0 Å². The molecule has 2 heterocycles. The highest BCUT2D eigenvalue weighted by molar-refractivity contribution is 5.85. The molecule has 1 N–H and O–H groups in total. The second-order valence-corrected chi connectivity index (χ2v) is 6.53. The van der Waals surface area contributed by atoms with Gasteiger partial charge >= 0.3 is 0 Å². The summed E-state index contributed by atoms with van der Waals surface area (Å²) in [5, 5.41) is 12.6. The van der Waals surface area contributed by atoms with Crippen LogP contribution in [0.2, 0.25) is 0 Å². The van der Waals surface area contributed by atoms with Crippen LogP contribution in [0.4, 0.5) is 0 Å². The van der Waals surface area contributed by atoms with E-state index < -0.39 is 0 Å². The molecule has 0 saturated heterocycles. The molecule has 0 spiro atoms. The predicted molar refractivity (Wildman–Crippen MR) is 101 cm³/mol. The first kappa shape index (κ1) is 17.4. The monoisotopic (exact) mass is 338 g/mol. The summed E-state index contributed by atoms with van der Waals surface area (Å²) in [5.41, 5.74) is 3.36. The summed E-state index contributed by atoms with van der Waals surface area (Å²) in [4.78, 5) is 13.2. The molecule has 2 aromatic heterocycles. The summed E-state index contributed by atoms with van der Waals surface area (Å²) in [5.74, 6) is 0. The number of rotatable bonds is 8. The van der Waals surface area contributed by atoms with Gasteiger partial charge < -0.3 is 4.57 Å². The minimum Gasteiger partial charge on any atom is -0.306 e. The van der Waals surface area contributed by atoms with E-state index in [-0.39, 0.29) is 5.56 Å². The van der Waals surface area contributed by atoms with Crippen LogP contribution in [0.1, 0.15) is 56.5 Å². The highest BCUT2D eigenvalue weighted by Crippen LogP contribution is 2.24. The van der Waals surface area contributed by atoms with Crippen LogP contribution in [-0.2, 0) is 19.4 Å². The van der Waals surface area contributed by atoms with Crippen LogP contribution in [0.15, 0.2) is 35.3 Å². The van der Waals surface area contributed by atoms with Gasteiger partial charge in [-0.05, 0) is 42.7 Å². The molecular formula is C20H26N4O. The Morgan fingerprint density at radius 1 is 1.04 bits per heavy atom. The van der Waals surface area contributed by atoms with Gasteiger partial charge in [-0.25, -0.2) is 0 Å². The summed E-state index contributed by atoms with van der Waals surface area (Å²) >= 11 is 0. The van der Waals surface area contributed by atoms with Gasteiger partial charge in [0.25, 0.3) is 5.56 Å². The molecule has 0 saturated carbocycles. The zero-order valence-corrected chi connectivity index (χ0v) is 15.1. The average molecular weight is 338 g/mol. The van der Waals surface area contributed by atoms with E-state index in [2.05, 4.69) is 35.3 Å². The van der Waals surface area contributed by atoms with Gasteiger partial charge in [0.15, 0.2) is 0 Å². The number of fused-ring (bicyclic) bond motifs is 1. The van der Waals surface area contributed by atoms with E-state index in [1.807, 2.05) is 22.8 Å². The normalized spacial score (nSPS) is 11.3. The number of H-pyrrole nitrogens is 1. The minimum atomic E-state index is 0.0740. The maximum Gasteiger partial charge on any atom is 0.259 e. The number of aromatic amines is 1. The fraction of sp³-hybridized carbons (Fsp3) is 0.450. The molecule has 0 radical (unpaired) electrons. The van der Waals surface area contributed by atoms with Gasteiger partial charge in [-0.15, -0.1) is 0 Å². The number of nitrogens with one attached hydrogen (secondary N) is 1. The van der Waals surface area contributed by atoms with Crippen molar-refractivity contribution in [2.24, 2.45) is 0 Å². The van der Waals surface area contributed by atoms with Crippen molar-refractivity contribution >= 4 is 10.8 Å². The highest BCUT2D eigenvalue weighted by atomic mass is 16.1. The van der Waals surface area contributed by atoms with Crippen LogP contribution in [0.5, 0.6) is 0 Å². The van der Waals surface area contributed by atoms with Crippen molar-refractivity contribution in [3.05, 3.63) is 57.8 Å². The molecule has 0 atom stereocenters. The Morgan fingerprint density at radius 3 is 2.44 bits per heavy atom. The molecule has 0 aliphatic heterocycles. The Hall–Kier alpha value is -2.43. The van der Waals surface area contributed by atoms with Crippen molar-refractivity contribution in [3.8, 4) is 0 Å². The predicted octanol–water partition coefficient (Wildman–Crippen LogP) is 3.85. The molecule has 3 rings (SSSR count). The molecule has 0 aliphatic rings. The van der Waals surface area contributed by atoms with Crippen molar-refractivity contribution in [3.63, 3.8) is 0 Å². The topological polar surface area (TPSA) is 63.6 Å². The van der Waals surface area contributed by atoms with Crippen molar-refractivity contribution < 1.29 is 0 Å². The minimum absolute atomic E-state index is 0.0740. The molecule has 0 fully saturated rings. The standard InChI is InChI=1S/C20H26N4O/c1-3-5-9-17-16-10-7-8-11-18(16)20(25)24(19(17)12-6-4-2)14-15-13-21-23-22-15/h7-8,10-11,13H,3-6,9,12,14H2,1-2H3,(H,21,22,23). The number of unbranched alkanes of at least 4 members (excludes halogenated alkanes) is 2. The SMILES string of the molecule is CCCCc1c(CCCC)n(Cc2cn[nH]n2)c(=O)c2ccccc12. The molecule has 0 bridgehead atoms. The Kier molecular flexibility index (Phi) is 5.64. The maximum absolute atomic E-state index is 13.2. The van der Waals surface area contributed by atoms with Crippen LogP contribution in [0, 0.1) is 0 Å². The summed E-state index contributed by atoms with van der Waals surface area (Å²) in [6.45, 7) is 4.87. The fourth-order valence-corrected chi connectivity index (χ4v) is 3.41. The Morgan fingerprint density at radius 2 is 1.76 bits per heavy atom. The third-order valence-electron chi connectivity index (χ3n) is 4.73. The first-order chi connectivity index (χ1) is 12.3. The molecule has 0 aliphatic carbocycles. The third-order valence-corrected chi connectivity index (χ3v) is 4.73. The van der Waals surface area contributed by atoms with E-state index in [1.165, 1.54) is 11.3 Å². The number of hydrogen-bond acceptors (Lipinski definition) is 3. The van der Waals surface area contributed by atoms with E-state index >= 15 is 0 Å². The zero-order chi connectivity index (χ0) is 17.6. The summed E-state index contributed by atoms with van der Waals surface area (Å²) < 4.78 is 1.92. The van der Waals surface area contributed by atoms with Gasteiger partial charge in [0.05, 0.1) is 12.7 Å². The molecular weight excluding hydrogens is 312 g/mol. The molecule has 0 unspecified atom stereocenters. The van der Waals surface area contributed by atoms with Gasteiger partial charge in [0.2, 0.25) is 0 Å². The van der Waals surface area contributed by atoms with Crippen LogP contribution in [0.25, 0.3) is 10.8 Å². The second-order valence-electron chi connectivity index (χ2n) is 6.53. The molecule has 25 heavy (non-hydrogen) atoms. The maximum atomic E-state index is 13.2. The number of pyridine rings is 1. The van der Waals surface area contributed by atoms with Crippen molar-refractivity contribution in [1.82, 2.24) is 20.0 Å². The molecule has 132 valence electrons. The van der Waals surface area contributed by atoms with Crippen LogP contribution in [0.3, 0.4) is 0 Å². The molecule has 5 heteroatoms. The smallest absolute Gasteiger partial charge is 0.259 e. The number of aromatic nitrogens is 4. The van der Waals surface area contributed by atoms with Gasteiger partial charge in [-0.3, -0.25) is 4.79 Å². The summed E-state index contributed by atoms with van der Waals surface area (Å²) in [6, 6.07) is 8.01. The van der Waals surface area contributed by atoms with Gasteiger partial charge in [0, 0.05) is 11.1 Å². The number of hydrogen-bond donors (Lipinski definition) is 1. The lowest BCUT2D eigenvalue weighted by Gasteiger charge is -2.19. The van der Waals surface area contributed by atoms with E-state index in [0.717, 1.165) is 55.0 Å². The van der Waals surface area contributed by atoms with Crippen LogP contribution in [-0.4, -0.2) is 20.0 Å². The lowest BCUT2D eigenvalue weighted by molar-refractivity contribution is 0.645. The lowest BCUT2D eigenvalue weighted by atomic mass is 9.96. The lowest BCUT2D eigenvalue weighted by Crippen LogP contribution is -2.26. The number of aryl methyl sites for hydroxylation is 1. The van der Waals surface area contributed by atoms with Crippen LogP contribution < -0.4 is 5.56 Å². The van der Waals surface area contributed by atoms with Gasteiger partial charge in [-0.1, -0.05) is 44.9 Å². The van der Waals surface area contributed by atoms with Gasteiger partial charge in [0.1, 0.15) is 5.69 Å². The summed E-state index contributed by atoms with van der Waals surface area (Å²) in [7, 11) is 0. The first-order valence-corrected chi connectivity index (χ1v) is 9.24. The number of nitrogens with zero attached hydrogens (tertiary/aromatic N) is 3. The van der Waals surface area contributed by atoms with E-state index in [1.54, 1.807) is 6.20 Å². The highest BCUT2D eigenvalue weighted by Gasteiger charge is 2.16. The number of benzene rings is 1. The van der Waals surface area contributed by atoms with Crippen LogP contribution >= 0.6 is 0 Å². The van der Waals surface area contributed by atoms with E-state index in [9.17, 15) is 4.79 Å². The first-order valence-electron chi connectivity index (χ1n) is 9.24. The third kappa shape index (κ3) is 3.65. The molecule has 0 amide bonds. The Labute approximate surface area is 148 Å². The molecule has 1 aromatic carbocycles. The van der Waals surface area contributed by atoms with Crippen molar-refractivity contribution in [2.75, 3.05) is 0 Å².